The molecule has 1 N–H and O–H groups in total. The molecule has 2 amide bonds. The van der Waals surface area contributed by atoms with E-state index in [1.54, 1.807) is 12.1 Å². The molecule has 0 aliphatic carbocycles. The molecule has 1 atom stereocenters. The van der Waals surface area contributed by atoms with Gasteiger partial charge in [-0.25, -0.2) is 10.4 Å². The zero-order valence-electron chi connectivity index (χ0n) is 26.9. The normalized spacial score (nSPS) is 11.9. The van der Waals surface area contributed by atoms with Crippen LogP contribution in [-0.2, 0) is 0 Å². The number of nitrogens with zero attached hydrogens (tertiary/aromatic N) is 1. The van der Waals surface area contributed by atoms with Crippen LogP contribution in [0.15, 0.2) is 66.7 Å². The van der Waals surface area contributed by atoms with Crippen molar-refractivity contribution in [2.24, 2.45) is 0 Å². The second kappa shape index (κ2) is 19.9. The molecular formula is C38H54N2O3. The van der Waals surface area contributed by atoms with E-state index >= 15 is 0 Å². The van der Waals surface area contributed by atoms with E-state index in [1.165, 1.54) is 62.8 Å². The van der Waals surface area contributed by atoms with Gasteiger partial charge in [0, 0.05) is 17.2 Å². The van der Waals surface area contributed by atoms with Gasteiger partial charge in [-0.1, -0.05) is 128 Å². The van der Waals surface area contributed by atoms with Crippen molar-refractivity contribution in [1.82, 2.24) is 10.4 Å². The van der Waals surface area contributed by atoms with Crippen molar-refractivity contribution in [2.45, 2.75) is 123 Å². The zero-order chi connectivity index (χ0) is 30.7. The molecule has 5 nitrogen and oxygen atoms in total. The smallest absolute Gasteiger partial charge is 0.275 e. The van der Waals surface area contributed by atoms with E-state index in [2.05, 4.69) is 26.2 Å². The molecule has 0 aromatic heterocycles. The van der Waals surface area contributed by atoms with Gasteiger partial charge in [-0.15, -0.1) is 0 Å². The van der Waals surface area contributed by atoms with Crippen LogP contribution in [0.5, 0.6) is 5.75 Å². The highest BCUT2D eigenvalue weighted by atomic mass is 16.5. The Hall–Kier alpha value is -3.18. The number of ether oxygens (including phenoxy) is 1. The van der Waals surface area contributed by atoms with E-state index in [0.29, 0.717) is 11.1 Å². The van der Waals surface area contributed by atoms with Gasteiger partial charge in [0.25, 0.3) is 11.8 Å². The minimum absolute atomic E-state index is 0.0553. The van der Waals surface area contributed by atoms with Gasteiger partial charge in [0.05, 0.1) is 6.61 Å². The third-order valence-electron chi connectivity index (χ3n) is 8.11. The second-order valence-electron chi connectivity index (χ2n) is 11.8. The Labute approximate surface area is 260 Å². The molecule has 0 saturated carbocycles. The number of amides is 2. The molecule has 0 heterocycles. The van der Waals surface area contributed by atoms with E-state index < -0.39 is 0 Å². The minimum Gasteiger partial charge on any atom is -0.494 e. The Kier molecular flexibility index (Phi) is 15.9. The first-order valence-corrected chi connectivity index (χ1v) is 16.9. The number of imide groups is 1. The van der Waals surface area contributed by atoms with Crippen LogP contribution in [0.25, 0.3) is 10.8 Å². The molecule has 234 valence electrons. The van der Waals surface area contributed by atoms with Crippen molar-refractivity contribution in [2.75, 3.05) is 6.61 Å². The predicted molar refractivity (Wildman–Crippen MR) is 180 cm³/mol. The van der Waals surface area contributed by atoms with Gasteiger partial charge in [0.2, 0.25) is 0 Å². The molecule has 0 spiro atoms. The number of hydrazine groups is 1. The number of fused-ring (bicyclic) bond motifs is 1. The fraction of sp³-hybridized carbons (Fsp3) is 0.526. The number of hydrogen-bond acceptors (Lipinski definition) is 4. The maximum absolute atomic E-state index is 13.9. The first kappa shape index (κ1) is 34.3. The summed E-state index contributed by atoms with van der Waals surface area (Å²) in [7, 11) is 0. The molecule has 0 fully saturated rings. The summed E-state index contributed by atoms with van der Waals surface area (Å²) in [6.07, 6.45) is 17.6. The van der Waals surface area contributed by atoms with Crippen molar-refractivity contribution < 1.29 is 14.3 Å². The van der Waals surface area contributed by atoms with E-state index in [9.17, 15) is 9.59 Å². The van der Waals surface area contributed by atoms with Crippen molar-refractivity contribution in [3.63, 3.8) is 0 Å². The lowest BCUT2D eigenvalue weighted by Crippen LogP contribution is -2.51. The van der Waals surface area contributed by atoms with Crippen molar-refractivity contribution >= 4 is 22.6 Å². The fourth-order valence-electron chi connectivity index (χ4n) is 5.54. The Bertz CT molecular complexity index is 1230. The monoisotopic (exact) mass is 586 g/mol. The van der Waals surface area contributed by atoms with Crippen molar-refractivity contribution in [1.29, 1.82) is 0 Å². The van der Waals surface area contributed by atoms with Gasteiger partial charge in [-0.3, -0.25) is 9.59 Å². The van der Waals surface area contributed by atoms with E-state index in [0.717, 1.165) is 61.7 Å². The zero-order valence-corrected chi connectivity index (χ0v) is 26.9. The molecule has 3 rings (SSSR count). The summed E-state index contributed by atoms with van der Waals surface area (Å²) in [6.45, 7) is 7.32. The average molecular weight is 587 g/mol. The summed E-state index contributed by atoms with van der Waals surface area (Å²) in [5, 5.41) is 3.21. The van der Waals surface area contributed by atoms with Crippen LogP contribution >= 0.6 is 0 Å². The SMILES string of the molecule is CCCCCCCCCCOc1ccc2cc(C(=O)N(NC(CCC)CCCCCC)C(=O)c3ccccc3)ccc2c1. The quantitative estimate of drug-likeness (QED) is 0.0766. The summed E-state index contributed by atoms with van der Waals surface area (Å²) in [4.78, 5) is 27.5. The number of rotatable bonds is 21. The van der Waals surface area contributed by atoms with E-state index in [-0.39, 0.29) is 17.9 Å². The highest BCUT2D eigenvalue weighted by Crippen LogP contribution is 2.24. The maximum Gasteiger partial charge on any atom is 0.275 e. The Morgan fingerprint density at radius 3 is 1.93 bits per heavy atom. The highest BCUT2D eigenvalue weighted by Gasteiger charge is 2.27. The standard InChI is InChI=1S/C38H54N2O3/c1-4-7-9-11-12-13-14-19-28-43-36-27-26-32-29-34(25-24-33(32)30-36)38(42)40(37(41)31-21-16-15-17-22-31)39-35(20-6-3)23-18-10-8-5-2/h15-17,21-22,24-27,29-30,35,39H,4-14,18-20,23,28H2,1-3H3. The molecule has 0 aliphatic rings. The minimum atomic E-state index is -0.333. The molecule has 0 saturated heterocycles. The summed E-state index contributed by atoms with van der Waals surface area (Å²) in [5.41, 5.74) is 4.32. The first-order chi connectivity index (χ1) is 21.1. The lowest BCUT2D eigenvalue weighted by Gasteiger charge is -2.28. The number of benzene rings is 3. The van der Waals surface area contributed by atoms with Gasteiger partial charge >= 0.3 is 0 Å². The van der Waals surface area contributed by atoms with Crippen molar-refractivity contribution in [3.05, 3.63) is 77.9 Å². The van der Waals surface area contributed by atoms with Crippen LogP contribution < -0.4 is 10.2 Å². The number of hydrogen-bond donors (Lipinski definition) is 1. The molecule has 0 aliphatic heterocycles. The summed E-state index contributed by atoms with van der Waals surface area (Å²) < 4.78 is 6.04. The third-order valence-corrected chi connectivity index (χ3v) is 8.11. The van der Waals surface area contributed by atoms with Crippen molar-refractivity contribution in [3.8, 4) is 5.75 Å². The van der Waals surface area contributed by atoms with Crippen LogP contribution in [0.2, 0.25) is 0 Å². The summed E-state index contributed by atoms with van der Waals surface area (Å²) in [6, 6.07) is 20.8. The Morgan fingerprint density at radius 1 is 0.628 bits per heavy atom. The van der Waals surface area contributed by atoms with Crippen LogP contribution in [0.1, 0.15) is 138 Å². The third kappa shape index (κ3) is 11.8. The number of carbonyl (C=O) groups excluding carboxylic acids is 2. The average Bonchev–Trinajstić information content (AvgIpc) is 3.04. The lowest BCUT2D eigenvalue weighted by molar-refractivity contribution is 0.0483. The molecule has 3 aromatic rings. The number of carbonyl (C=O) groups is 2. The second-order valence-corrected chi connectivity index (χ2v) is 11.8. The Morgan fingerprint density at radius 2 is 1.23 bits per heavy atom. The van der Waals surface area contributed by atoms with Gasteiger partial charge in [0.15, 0.2) is 0 Å². The molecule has 0 radical (unpaired) electrons. The highest BCUT2D eigenvalue weighted by molar-refractivity contribution is 6.11. The first-order valence-electron chi connectivity index (χ1n) is 16.9. The largest absolute Gasteiger partial charge is 0.494 e. The lowest BCUT2D eigenvalue weighted by atomic mass is 10.0. The summed E-state index contributed by atoms with van der Waals surface area (Å²) in [5.74, 6) is 0.188. The van der Waals surface area contributed by atoms with E-state index in [1.807, 2.05) is 54.6 Å². The summed E-state index contributed by atoms with van der Waals surface area (Å²) >= 11 is 0. The van der Waals surface area contributed by atoms with Gasteiger partial charge in [0.1, 0.15) is 5.75 Å². The number of unbranched alkanes of at least 4 members (excludes halogenated alkanes) is 10. The van der Waals surface area contributed by atoms with Crippen LogP contribution in [-0.4, -0.2) is 29.5 Å². The van der Waals surface area contributed by atoms with Crippen LogP contribution in [0.4, 0.5) is 0 Å². The van der Waals surface area contributed by atoms with Crippen LogP contribution in [0, 0.1) is 0 Å². The fourth-order valence-corrected chi connectivity index (χ4v) is 5.54. The maximum atomic E-state index is 13.9. The Balaban J connectivity index is 1.67. The topological polar surface area (TPSA) is 58.6 Å². The molecule has 3 aromatic carbocycles. The van der Waals surface area contributed by atoms with Gasteiger partial charge in [-0.05, 0) is 66.4 Å². The van der Waals surface area contributed by atoms with Gasteiger partial charge < -0.3 is 4.74 Å². The molecule has 0 bridgehead atoms. The van der Waals surface area contributed by atoms with Gasteiger partial charge in [-0.2, -0.15) is 0 Å². The molecule has 1 unspecified atom stereocenters. The number of nitrogens with one attached hydrogen (secondary N) is 1. The molecular weight excluding hydrogens is 532 g/mol. The van der Waals surface area contributed by atoms with Crippen LogP contribution in [0.3, 0.4) is 0 Å². The molecule has 5 heteroatoms. The molecule has 43 heavy (non-hydrogen) atoms. The predicted octanol–water partition coefficient (Wildman–Crippen LogP) is 10.3. The van der Waals surface area contributed by atoms with E-state index in [4.69, 9.17) is 4.74 Å².